The number of aromatic amines is 1. The average molecular weight is 364 g/mol. The van der Waals surface area contributed by atoms with E-state index in [-0.39, 0.29) is 9.79 Å². The fourth-order valence-corrected chi connectivity index (χ4v) is 4.53. The van der Waals surface area contributed by atoms with E-state index in [2.05, 4.69) is 20.3 Å². The highest BCUT2D eigenvalue weighted by molar-refractivity contribution is 7.92. The Hall–Kier alpha value is -3.19. The molecule has 0 saturated carbocycles. The molecule has 130 valence electrons. The number of hydrogen-bond acceptors (Lipinski definition) is 5. The molecule has 4 aromatic rings. The molecule has 26 heavy (non-hydrogen) atoms. The van der Waals surface area contributed by atoms with Crippen LogP contribution >= 0.6 is 0 Å². The first-order valence-electron chi connectivity index (χ1n) is 8.03. The van der Waals surface area contributed by atoms with Gasteiger partial charge in [-0.1, -0.05) is 48.5 Å². The van der Waals surface area contributed by atoms with Crippen LogP contribution in [0.5, 0.6) is 0 Å². The molecule has 4 rings (SSSR count). The van der Waals surface area contributed by atoms with Gasteiger partial charge < -0.3 is 10.3 Å². The summed E-state index contributed by atoms with van der Waals surface area (Å²) in [6.07, 6.45) is 1.39. The van der Waals surface area contributed by atoms with Crippen molar-refractivity contribution in [2.75, 3.05) is 12.4 Å². The summed E-state index contributed by atoms with van der Waals surface area (Å²) in [6, 6.07) is 17.9. The SMILES string of the molecule is CNc1[nH]c2c(-c3ccccc3)ncnc2c1S(=O)(=O)c1ccccc1. The molecule has 0 fully saturated rings. The van der Waals surface area contributed by atoms with Gasteiger partial charge in [-0.3, -0.25) is 0 Å². The van der Waals surface area contributed by atoms with Gasteiger partial charge in [-0.2, -0.15) is 0 Å². The van der Waals surface area contributed by atoms with Crippen LogP contribution in [0.4, 0.5) is 5.82 Å². The first kappa shape index (κ1) is 16.3. The topological polar surface area (TPSA) is 87.7 Å². The van der Waals surface area contributed by atoms with Gasteiger partial charge in [-0.15, -0.1) is 0 Å². The molecule has 0 aliphatic rings. The summed E-state index contributed by atoms with van der Waals surface area (Å²) >= 11 is 0. The molecule has 0 unspecified atom stereocenters. The van der Waals surface area contributed by atoms with Crippen molar-refractivity contribution < 1.29 is 8.42 Å². The third-order valence-corrected chi connectivity index (χ3v) is 5.99. The van der Waals surface area contributed by atoms with Gasteiger partial charge in [-0.05, 0) is 12.1 Å². The number of nitrogens with one attached hydrogen (secondary N) is 2. The predicted molar refractivity (Wildman–Crippen MR) is 101 cm³/mol. The molecule has 6 nitrogen and oxygen atoms in total. The molecule has 0 spiro atoms. The second-order valence-electron chi connectivity index (χ2n) is 5.71. The summed E-state index contributed by atoms with van der Waals surface area (Å²) in [6.45, 7) is 0. The van der Waals surface area contributed by atoms with E-state index in [0.29, 0.717) is 22.5 Å². The number of fused-ring (bicyclic) bond motifs is 1. The van der Waals surface area contributed by atoms with Gasteiger partial charge >= 0.3 is 0 Å². The lowest BCUT2D eigenvalue weighted by Crippen LogP contribution is -2.05. The van der Waals surface area contributed by atoms with Crippen molar-refractivity contribution >= 4 is 26.7 Å². The number of hydrogen-bond donors (Lipinski definition) is 2. The Kier molecular flexibility index (Phi) is 3.93. The number of sulfone groups is 1. The van der Waals surface area contributed by atoms with Gasteiger partial charge in [0.1, 0.15) is 22.6 Å². The molecule has 0 aliphatic heterocycles. The molecule has 0 bridgehead atoms. The molecule has 2 aromatic heterocycles. The maximum Gasteiger partial charge on any atom is 0.212 e. The van der Waals surface area contributed by atoms with Crippen molar-refractivity contribution in [3.05, 3.63) is 67.0 Å². The maximum atomic E-state index is 13.2. The number of anilines is 1. The van der Waals surface area contributed by atoms with Crippen LogP contribution in [0.2, 0.25) is 0 Å². The van der Waals surface area contributed by atoms with Gasteiger partial charge in [0.25, 0.3) is 0 Å². The number of rotatable bonds is 4. The summed E-state index contributed by atoms with van der Waals surface area (Å²) in [5.41, 5.74) is 2.48. The predicted octanol–water partition coefficient (Wildman–Crippen LogP) is 3.50. The average Bonchev–Trinajstić information content (AvgIpc) is 3.09. The molecule has 0 amide bonds. The molecule has 0 radical (unpaired) electrons. The van der Waals surface area contributed by atoms with Crippen LogP contribution in [0.1, 0.15) is 0 Å². The van der Waals surface area contributed by atoms with Gasteiger partial charge in [0.2, 0.25) is 9.84 Å². The quantitative estimate of drug-likeness (QED) is 0.579. The first-order chi connectivity index (χ1) is 12.6. The lowest BCUT2D eigenvalue weighted by Gasteiger charge is -2.06. The summed E-state index contributed by atoms with van der Waals surface area (Å²) in [7, 11) is -2.08. The molecule has 0 atom stereocenters. The molecule has 0 saturated heterocycles. The van der Waals surface area contributed by atoms with Crippen LogP contribution in [-0.4, -0.2) is 30.4 Å². The van der Waals surface area contributed by atoms with Crippen molar-refractivity contribution in [2.45, 2.75) is 9.79 Å². The van der Waals surface area contributed by atoms with Crippen LogP contribution in [0.3, 0.4) is 0 Å². The smallest absolute Gasteiger partial charge is 0.212 e. The van der Waals surface area contributed by atoms with Gasteiger partial charge in [0, 0.05) is 12.6 Å². The minimum atomic E-state index is -3.75. The summed E-state index contributed by atoms with van der Waals surface area (Å²) in [4.78, 5) is 12.1. The fraction of sp³-hybridized carbons (Fsp3) is 0.0526. The molecule has 2 heterocycles. The molecular formula is C19H16N4O2S. The Morgan fingerprint density at radius 3 is 2.23 bits per heavy atom. The summed E-state index contributed by atoms with van der Waals surface area (Å²) in [5, 5.41) is 2.94. The van der Waals surface area contributed by atoms with Gasteiger partial charge in [0.15, 0.2) is 0 Å². The third kappa shape index (κ3) is 2.53. The number of aromatic nitrogens is 3. The van der Waals surface area contributed by atoms with Crippen molar-refractivity contribution in [2.24, 2.45) is 0 Å². The Morgan fingerprint density at radius 2 is 1.58 bits per heavy atom. The number of benzene rings is 2. The first-order valence-corrected chi connectivity index (χ1v) is 9.51. The van der Waals surface area contributed by atoms with Crippen LogP contribution in [0.15, 0.2) is 76.8 Å². The number of nitrogens with zero attached hydrogens (tertiary/aromatic N) is 2. The van der Waals surface area contributed by atoms with E-state index >= 15 is 0 Å². The summed E-state index contributed by atoms with van der Waals surface area (Å²) in [5.74, 6) is 0.390. The fourth-order valence-electron chi connectivity index (χ4n) is 2.95. The molecule has 0 aliphatic carbocycles. The van der Waals surface area contributed by atoms with Crippen LogP contribution in [0.25, 0.3) is 22.3 Å². The monoisotopic (exact) mass is 364 g/mol. The van der Waals surface area contributed by atoms with E-state index in [1.54, 1.807) is 37.4 Å². The Labute approximate surface area is 150 Å². The van der Waals surface area contributed by atoms with E-state index in [0.717, 1.165) is 5.56 Å². The second kappa shape index (κ2) is 6.27. The maximum absolute atomic E-state index is 13.2. The van der Waals surface area contributed by atoms with Crippen LogP contribution < -0.4 is 5.32 Å². The zero-order chi connectivity index (χ0) is 18.1. The highest BCUT2D eigenvalue weighted by atomic mass is 32.2. The highest BCUT2D eigenvalue weighted by Gasteiger charge is 2.28. The van der Waals surface area contributed by atoms with Crippen molar-refractivity contribution in [3.63, 3.8) is 0 Å². The van der Waals surface area contributed by atoms with Gasteiger partial charge in [-0.25, -0.2) is 18.4 Å². The summed E-state index contributed by atoms with van der Waals surface area (Å²) < 4.78 is 26.4. The Morgan fingerprint density at radius 1 is 0.923 bits per heavy atom. The zero-order valence-corrected chi connectivity index (χ0v) is 14.8. The molecular weight excluding hydrogens is 348 g/mol. The molecule has 2 aromatic carbocycles. The minimum Gasteiger partial charge on any atom is -0.374 e. The van der Waals surface area contributed by atoms with Crippen molar-refractivity contribution in [1.29, 1.82) is 0 Å². The van der Waals surface area contributed by atoms with Crippen molar-refractivity contribution in [3.8, 4) is 11.3 Å². The standard InChI is InChI=1S/C19H16N4O2S/c1-20-19-18(26(24,25)14-10-6-3-7-11-14)17-16(23-19)15(21-12-22-17)13-8-4-2-5-9-13/h2-12,20,23H,1H3. The molecule has 2 N–H and O–H groups in total. The normalized spacial score (nSPS) is 11.6. The number of H-pyrrole nitrogens is 1. The molecule has 7 heteroatoms. The minimum absolute atomic E-state index is 0.126. The van der Waals surface area contributed by atoms with E-state index in [9.17, 15) is 8.42 Å². The Balaban J connectivity index is 2.03. The lowest BCUT2D eigenvalue weighted by atomic mass is 10.1. The Bertz CT molecular complexity index is 1170. The van der Waals surface area contributed by atoms with Crippen LogP contribution in [-0.2, 0) is 9.84 Å². The van der Waals surface area contributed by atoms with Gasteiger partial charge in [0.05, 0.1) is 16.1 Å². The third-order valence-electron chi connectivity index (χ3n) is 4.16. The van der Waals surface area contributed by atoms with E-state index in [1.807, 2.05) is 30.3 Å². The van der Waals surface area contributed by atoms with E-state index in [4.69, 9.17) is 0 Å². The lowest BCUT2D eigenvalue weighted by molar-refractivity contribution is 0.597. The van der Waals surface area contributed by atoms with E-state index in [1.165, 1.54) is 6.33 Å². The largest absolute Gasteiger partial charge is 0.374 e. The van der Waals surface area contributed by atoms with Crippen LogP contribution in [0, 0.1) is 0 Å². The zero-order valence-electron chi connectivity index (χ0n) is 14.0. The highest BCUT2D eigenvalue weighted by Crippen LogP contribution is 2.36. The van der Waals surface area contributed by atoms with Crippen molar-refractivity contribution in [1.82, 2.24) is 15.0 Å². The van der Waals surface area contributed by atoms with E-state index < -0.39 is 9.84 Å². The second-order valence-corrected chi connectivity index (χ2v) is 7.59.